The molecule has 1 atom stereocenters. The molecule has 0 N–H and O–H groups in total. The quantitative estimate of drug-likeness (QED) is 0.325. The van der Waals surface area contributed by atoms with Gasteiger partial charge < -0.3 is 9.64 Å². The number of pyridine rings is 1. The number of hydrogen-bond acceptors (Lipinski definition) is 3. The first kappa shape index (κ1) is 24.1. The van der Waals surface area contributed by atoms with Crippen molar-refractivity contribution in [2.24, 2.45) is 0 Å². The van der Waals surface area contributed by atoms with Gasteiger partial charge in [0.05, 0.1) is 7.11 Å². The molecule has 0 saturated heterocycles. The van der Waals surface area contributed by atoms with Crippen molar-refractivity contribution in [2.45, 2.75) is 45.3 Å². The molecule has 3 rings (SSSR count). The summed E-state index contributed by atoms with van der Waals surface area (Å²) in [5.74, 6) is 1.80. The molecular formula is C26H31F2N2OP. The van der Waals surface area contributed by atoms with Crippen molar-refractivity contribution in [1.82, 2.24) is 4.98 Å². The molecule has 1 heterocycles. The first-order chi connectivity index (χ1) is 15.3. The predicted octanol–water partition coefficient (Wildman–Crippen LogP) is 6.52. The third kappa shape index (κ3) is 6.49. The zero-order valence-electron chi connectivity index (χ0n) is 18.9. The van der Waals surface area contributed by atoms with Crippen LogP contribution >= 0.6 is 9.24 Å². The van der Waals surface area contributed by atoms with Crippen LogP contribution in [0.5, 0.6) is 5.75 Å². The van der Waals surface area contributed by atoms with Crippen molar-refractivity contribution in [3.05, 3.63) is 88.6 Å². The van der Waals surface area contributed by atoms with Crippen molar-refractivity contribution >= 4 is 15.1 Å². The average molecular weight is 457 g/mol. The summed E-state index contributed by atoms with van der Waals surface area (Å²) in [4.78, 5) is 6.79. The molecule has 3 nitrogen and oxygen atoms in total. The topological polar surface area (TPSA) is 25.4 Å². The second-order valence-electron chi connectivity index (χ2n) is 8.08. The summed E-state index contributed by atoms with van der Waals surface area (Å²) in [6.45, 7) is 5.52. The van der Waals surface area contributed by atoms with Gasteiger partial charge in [-0.3, -0.25) is 0 Å². The summed E-state index contributed by atoms with van der Waals surface area (Å²) < 4.78 is 32.6. The second-order valence-corrected chi connectivity index (χ2v) is 8.81. The van der Waals surface area contributed by atoms with Gasteiger partial charge in [-0.25, -0.2) is 4.98 Å². The summed E-state index contributed by atoms with van der Waals surface area (Å²) in [6.07, 6.45) is 4.74. The van der Waals surface area contributed by atoms with E-state index in [4.69, 9.17) is 4.74 Å². The van der Waals surface area contributed by atoms with Crippen molar-refractivity contribution < 1.29 is 13.5 Å². The molecule has 1 unspecified atom stereocenters. The van der Waals surface area contributed by atoms with Crippen LogP contribution in [0.15, 0.2) is 60.8 Å². The Morgan fingerprint density at radius 3 is 2.31 bits per heavy atom. The van der Waals surface area contributed by atoms with E-state index < -0.39 is 5.66 Å². The van der Waals surface area contributed by atoms with E-state index in [1.54, 1.807) is 28.5 Å². The van der Waals surface area contributed by atoms with Crippen LogP contribution in [-0.2, 0) is 25.1 Å². The number of benzene rings is 2. The smallest absolute Gasteiger partial charge is 0.283 e. The van der Waals surface area contributed by atoms with E-state index in [1.165, 1.54) is 23.3 Å². The van der Waals surface area contributed by atoms with E-state index in [0.717, 1.165) is 48.5 Å². The van der Waals surface area contributed by atoms with Crippen molar-refractivity contribution in [1.29, 1.82) is 0 Å². The van der Waals surface area contributed by atoms with Gasteiger partial charge >= 0.3 is 0 Å². The zero-order valence-corrected chi connectivity index (χ0v) is 20.1. The monoisotopic (exact) mass is 456 g/mol. The molecule has 1 aromatic heterocycles. The van der Waals surface area contributed by atoms with Crippen LogP contribution in [0.25, 0.3) is 0 Å². The number of aromatic nitrogens is 1. The first-order valence-electron chi connectivity index (χ1n) is 10.9. The SMILES string of the molecule is CCCc1cc(CCN(Cc2ccc(C(F)(F)P)cc2)c2ccc(C)cn2)ccc1OC. The van der Waals surface area contributed by atoms with Gasteiger partial charge in [-0.2, -0.15) is 8.78 Å². The van der Waals surface area contributed by atoms with Crippen molar-refractivity contribution in [3.8, 4) is 5.75 Å². The van der Waals surface area contributed by atoms with Gasteiger partial charge in [0.25, 0.3) is 5.66 Å². The standard InChI is InChI=1S/C26H31F2N2OP/c1-4-5-22-16-20(9-12-24(22)31-3)14-15-30(25-13-6-19(2)17-29-25)18-21-7-10-23(11-8-21)26(27,28)32/h6-13,16-17H,4-5,14-15,18,32H2,1-3H3. The molecule has 0 radical (unpaired) electrons. The van der Waals surface area contributed by atoms with Crippen LogP contribution in [0.3, 0.4) is 0 Å². The molecule has 0 aliphatic rings. The van der Waals surface area contributed by atoms with Gasteiger partial charge in [-0.15, -0.1) is 0 Å². The van der Waals surface area contributed by atoms with Crippen LogP contribution in [0.1, 0.15) is 41.2 Å². The normalized spacial score (nSPS) is 11.4. The number of rotatable bonds is 10. The Labute approximate surface area is 192 Å². The number of alkyl halides is 2. The fourth-order valence-corrected chi connectivity index (χ4v) is 3.88. The highest BCUT2D eigenvalue weighted by Crippen LogP contribution is 2.34. The van der Waals surface area contributed by atoms with Gasteiger partial charge in [-0.1, -0.05) is 65.0 Å². The van der Waals surface area contributed by atoms with Crippen molar-refractivity contribution in [3.63, 3.8) is 0 Å². The predicted molar refractivity (Wildman–Crippen MR) is 131 cm³/mol. The fraction of sp³-hybridized carbons (Fsp3) is 0.346. The molecule has 0 amide bonds. The molecule has 6 heteroatoms. The van der Waals surface area contributed by atoms with Crippen LogP contribution in [0.2, 0.25) is 0 Å². The van der Waals surface area contributed by atoms with Gasteiger partial charge in [0, 0.05) is 24.8 Å². The summed E-state index contributed by atoms with van der Waals surface area (Å²) in [6, 6.07) is 16.9. The lowest BCUT2D eigenvalue weighted by Crippen LogP contribution is -2.26. The minimum absolute atomic E-state index is 0.00653. The number of anilines is 1. The lowest BCUT2D eigenvalue weighted by atomic mass is 10.0. The largest absolute Gasteiger partial charge is 0.496 e. The maximum absolute atomic E-state index is 13.5. The molecule has 0 spiro atoms. The Hall–Kier alpha value is -2.52. The Bertz CT molecular complexity index is 1000. The highest BCUT2D eigenvalue weighted by molar-refractivity contribution is 7.17. The minimum atomic E-state index is -2.92. The zero-order chi connectivity index (χ0) is 23.1. The molecule has 3 aromatic rings. The van der Waals surface area contributed by atoms with E-state index in [2.05, 4.69) is 28.9 Å². The molecule has 32 heavy (non-hydrogen) atoms. The van der Waals surface area contributed by atoms with Crippen LogP contribution in [0.4, 0.5) is 14.6 Å². The molecule has 170 valence electrons. The average Bonchev–Trinajstić information content (AvgIpc) is 2.77. The molecule has 0 aliphatic carbocycles. The minimum Gasteiger partial charge on any atom is -0.496 e. The third-order valence-electron chi connectivity index (χ3n) is 5.47. The number of nitrogens with zero attached hydrogens (tertiary/aromatic N) is 2. The maximum atomic E-state index is 13.5. The highest BCUT2D eigenvalue weighted by Gasteiger charge is 2.24. The molecular weight excluding hydrogens is 425 g/mol. The Balaban J connectivity index is 1.79. The Morgan fingerprint density at radius 2 is 1.72 bits per heavy atom. The molecule has 0 fully saturated rings. The maximum Gasteiger partial charge on any atom is 0.283 e. The molecule has 0 aliphatic heterocycles. The summed E-state index contributed by atoms with van der Waals surface area (Å²) in [7, 11) is 3.29. The van der Waals surface area contributed by atoms with Gasteiger partial charge in [0.15, 0.2) is 0 Å². The number of halogens is 2. The lowest BCUT2D eigenvalue weighted by molar-refractivity contribution is 0.104. The summed E-state index contributed by atoms with van der Waals surface area (Å²) in [5, 5.41) is 0. The fourth-order valence-electron chi connectivity index (χ4n) is 3.69. The highest BCUT2D eigenvalue weighted by atomic mass is 31.0. The summed E-state index contributed by atoms with van der Waals surface area (Å²) >= 11 is 0. The number of ether oxygens (including phenoxy) is 1. The van der Waals surface area contributed by atoms with Crippen molar-refractivity contribution in [2.75, 3.05) is 18.6 Å². The second kappa shape index (κ2) is 10.9. The number of aryl methyl sites for hydroxylation is 2. The first-order valence-corrected chi connectivity index (χ1v) is 11.5. The number of methoxy groups -OCH3 is 1. The van der Waals surface area contributed by atoms with Crippen LogP contribution < -0.4 is 9.64 Å². The molecule has 0 saturated carbocycles. The van der Waals surface area contributed by atoms with Crippen LogP contribution in [0, 0.1) is 6.92 Å². The van der Waals surface area contributed by atoms with E-state index >= 15 is 0 Å². The Morgan fingerprint density at radius 1 is 1.00 bits per heavy atom. The van der Waals surface area contributed by atoms with Crippen LogP contribution in [-0.4, -0.2) is 18.6 Å². The Kier molecular flexibility index (Phi) is 8.20. The third-order valence-corrected chi connectivity index (χ3v) is 5.80. The van der Waals surface area contributed by atoms with Gasteiger partial charge in [-0.05, 0) is 54.2 Å². The molecule has 2 aromatic carbocycles. The molecule has 0 bridgehead atoms. The number of hydrogen-bond donors (Lipinski definition) is 0. The van der Waals surface area contributed by atoms with E-state index in [0.29, 0.717) is 6.54 Å². The van der Waals surface area contributed by atoms with E-state index in [-0.39, 0.29) is 5.56 Å². The van der Waals surface area contributed by atoms with E-state index in [9.17, 15) is 8.78 Å². The van der Waals surface area contributed by atoms with Gasteiger partial charge in [0.1, 0.15) is 11.6 Å². The van der Waals surface area contributed by atoms with Gasteiger partial charge in [0.2, 0.25) is 0 Å². The lowest BCUT2D eigenvalue weighted by Gasteiger charge is -2.25. The van der Waals surface area contributed by atoms with E-state index in [1.807, 2.05) is 31.3 Å². The summed E-state index contributed by atoms with van der Waals surface area (Å²) in [5.41, 5.74) is 1.60.